The van der Waals surface area contributed by atoms with Gasteiger partial charge >= 0.3 is 0 Å². The lowest BCUT2D eigenvalue weighted by Crippen LogP contribution is -2.27. The van der Waals surface area contributed by atoms with Gasteiger partial charge in [-0.05, 0) is 17.7 Å². The summed E-state index contributed by atoms with van der Waals surface area (Å²) in [6.07, 6.45) is 2.75. The summed E-state index contributed by atoms with van der Waals surface area (Å²) in [4.78, 5) is 23.7. The van der Waals surface area contributed by atoms with Crippen LogP contribution in [0.1, 0.15) is 16.1 Å². The van der Waals surface area contributed by atoms with Crippen molar-refractivity contribution < 1.29 is 4.79 Å². The summed E-state index contributed by atoms with van der Waals surface area (Å²) >= 11 is 5.66. The van der Waals surface area contributed by atoms with Crippen molar-refractivity contribution >= 4 is 23.2 Å². The number of hydrogen-bond donors (Lipinski definition) is 0. The first-order valence-electron chi connectivity index (χ1n) is 6.46. The summed E-state index contributed by atoms with van der Waals surface area (Å²) < 4.78 is 0. The van der Waals surface area contributed by atoms with Crippen LogP contribution in [-0.2, 0) is 6.54 Å². The van der Waals surface area contributed by atoms with Crippen molar-refractivity contribution in [1.29, 1.82) is 0 Å². The maximum Gasteiger partial charge on any atom is 0.274 e. The quantitative estimate of drug-likeness (QED) is 0.870. The highest BCUT2D eigenvalue weighted by molar-refractivity contribution is 6.29. The number of aromatic nitrogens is 2. The fourth-order valence-corrected chi connectivity index (χ4v) is 1.96. The SMILES string of the molecule is CN(Cc1ccc(N(C)C)cc1)C(=O)c1cnc(Cl)cn1. The summed E-state index contributed by atoms with van der Waals surface area (Å²) in [6, 6.07) is 8.06. The number of hydrogen-bond acceptors (Lipinski definition) is 4. The summed E-state index contributed by atoms with van der Waals surface area (Å²) in [7, 11) is 5.71. The van der Waals surface area contributed by atoms with Crippen LogP contribution in [0.4, 0.5) is 5.69 Å². The van der Waals surface area contributed by atoms with E-state index >= 15 is 0 Å². The molecule has 1 aromatic carbocycles. The van der Waals surface area contributed by atoms with E-state index in [0.29, 0.717) is 6.54 Å². The number of rotatable bonds is 4. The molecule has 0 unspecified atom stereocenters. The third kappa shape index (κ3) is 3.92. The number of carbonyl (C=O) groups excluding carboxylic acids is 1. The fourth-order valence-electron chi connectivity index (χ4n) is 1.86. The number of benzene rings is 1. The highest BCUT2D eigenvalue weighted by atomic mass is 35.5. The smallest absolute Gasteiger partial charge is 0.274 e. The second-order valence-corrected chi connectivity index (χ2v) is 5.33. The van der Waals surface area contributed by atoms with E-state index in [1.54, 1.807) is 11.9 Å². The molecule has 0 saturated heterocycles. The van der Waals surface area contributed by atoms with Gasteiger partial charge in [0, 0.05) is 33.4 Å². The molecule has 1 aromatic heterocycles. The molecule has 1 amide bonds. The van der Waals surface area contributed by atoms with Crippen molar-refractivity contribution in [2.24, 2.45) is 0 Å². The van der Waals surface area contributed by atoms with Crippen LogP contribution in [0.15, 0.2) is 36.7 Å². The molecule has 2 aromatic rings. The molecule has 2 rings (SSSR count). The second-order valence-electron chi connectivity index (χ2n) is 4.95. The van der Waals surface area contributed by atoms with Crippen molar-refractivity contribution in [2.45, 2.75) is 6.54 Å². The van der Waals surface area contributed by atoms with E-state index in [9.17, 15) is 4.79 Å². The van der Waals surface area contributed by atoms with Crippen molar-refractivity contribution in [3.05, 3.63) is 53.1 Å². The van der Waals surface area contributed by atoms with Gasteiger partial charge < -0.3 is 9.80 Å². The molecule has 0 saturated carbocycles. The van der Waals surface area contributed by atoms with E-state index in [-0.39, 0.29) is 16.8 Å². The maximum absolute atomic E-state index is 12.2. The summed E-state index contributed by atoms with van der Waals surface area (Å²) in [5, 5.41) is 0.272. The molecular formula is C15H17ClN4O. The minimum atomic E-state index is -0.184. The fraction of sp³-hybridized carbons (Fsp3) is 0.267. The molecule has 0 N–H and O–H groups in total. The van der Waals surface area contributed by atoms with Gasteiger partial charge in [0.25, 0.3) is 5.91 Å². The molecule has 6 heteroatoms. The van der Waals surface area contributed by atoms with Gasteiger partial charge in [-0.3, -0.25) is 4.79 Å². The molecule has 0 aliphatic heterocycles. The third-order valence-electron chi connectivity index (χ3n) is 3.06. The normalized spacial score (nSPS) is 10.3. The number of nitrogens with zero attached hydrogens (tertiary/aromatic N) is 4. The van der Waals surface area contributed by atoms with Crippen molar-refractivity contribution in [1.82, 2.24) is 14.9 Å². The Balaban J connectivity index is 2.05. The first-order valence-corrected chi connectivity index (χ1v) is 6.84. The summed E-state index contributed by atoms with van der Waals surface area (Å²) in [6.45, 7) is 0.511. The lowest BCUT2D eigenvalue weighted by molar-refractivity contribution is 0.0779. The summed E-state index contributed by atoms with van der Waals surface area (Å²) in [5.41, 5.74) is 2.46. The van der Waals surface area contributed by atoms with Gasteiger partial charge in [0.1, 0.15) is 10.8 Å². The Morgan fingerprint density at radius 2 is 1.76 bits per heavy atom. The largest absolute Gasteiger partial charge is 0.378 e. The van der Waals surface area contributed by atoms with Gasteiger partial charge in [0.05, 0.1) is 12.4 Å². The molecule has 0 spiro atoms. The van der Waals surface area contributed by atoms with Gasteiger partial charge in [0.15, 0.2) is 0 Å². The Kier molecular flexibility index (Phi) is 4.75. The van der Waals surface area contributed by atoms with Crippen molar-refractivity contribution in [3.8, 4) is 0 Å². The van der Waals surface area contributed by atoms with E-state index < -0.39 is 0 Å². The summed E-state index contributed by atoms with van der Waals surface area (Å²) in [5.74, 6) is -0.184. The van der Waals surface area contributed by atoms with Crippen LogP contribution in [-0.4, -0.2) is 41.9 Å². The predicted molar refractivity (Wildman–Crippen MR) is 83.6 cm³/mol. The molecule has 0 aliphatic rings. The number of anilines is 1. The van der Waals surface area contributed by atoms with E-state index in [0.717, 1.165) is 11.3 Å². The monoisotopic (exact) mass is 304 g/mol. The maximum atomic E-state index is 12.2. The molecule has 0 bridgehead atoms. The molecule has 1 heterocycles. The molecule has 0 aliphatic carbocycles. The molecule has 0 atom stereocenters. The minimum Gasteiger partial charge on any atom is -0.378 e. The standard InChI is InChI=1S/C15H17ClN4O/c1-19(2)12-6-4-11(5-7-12)10-20(3)15(21)13-8-18-14(16)9-17-13/h4-9H,10H2,1-3H3. The van der Waals surface area contributed by atoms with E-state index in [4.69, 9.17) is 11.6 Å². The Morgan fingerprint density at radius 3 is 2.29 bits per heavy atom. The van der Waals surface area contributed by atoms with Gasteiger partial charge in [-0.15, -0.1) is 0 Å². The van der Waals surface area contributed by atoms with Crippen molar-refractivity contribution in [2.75, 3.05) is 26.0 Å². The topological polar surface area (TPSA) is 49.3 Å². The van der Waals surface area contributed by atoms with Crippen LogP contribution >= 0.6 is 11.6 Å². The zero-order valence-electron chi connectivity index (χ0n) is 12.2. The van der Waals surface area contributed by atoms with Crippen LogP contribution in [0.3, 0.4) is 0 Å². The van der Waals surface area contributed by atoms with E-state index in [2.05, 4.69) is 9.97 Å². The highest BCUT2D eigenvalue weighted by Gasteiger charge is 2.14. The average molecular weight is 305 g/mol. The third-order valence-corrected chi connectivity index (χ3v) is 3.25. The van der Waals surface area contributed by atoms with Gasteiger partial charge in [-0.1, -0.05) is 23.7 Å². The molecule has 0 fully saturated rings. The average Bonchev–Trinajstić information content (AvgIpc) is 2.47. The zero-order chi connectivity index (χ0) is 15.4. The first kappa shape index (κ1) is 15.3. The Bertz CT molecular complexity index is 611. The van der Waals surface area contributed by atoms with Crippen LogP contribution < -0.4 is 4.90 Å². The lowest BCUT2D eigenvalue weighted by atomic mass is 10.2. The van der Waals surface area contributed by atoms with Crippen molar-refractivity contribution in [3.63, 3.8) is 0 Å². The Hall–Kier alpha value is -2.14. The van der Waals surface area contributed by atoms with Crippen LogP contribution in [0.2, 0.25) is 5.15 Å². The van der Waals surface area contributed by atoms with E-state index in [1.165, 1.54) is 12.4 Å². The van der Waals surface area contributed by atoms with Gasteiger partial charge in [-0.2, -0.15) is 0 Å². The highest BCUT2D eigenvalue weighted by Crippen LogP contribution is 2.14. The molecule has 21 heavy (non-hydrogen) atoms. The van der Waals surface area contributed by atoms with Crippen LogP contribution in [0.5, 0.6) is 0 Å². The lowest BCUT2D eigenvalue weighted by Gasteiger charge is -2.18. The number of halogens is 1. The molecular weight excluding hydrogens is 288 g/mol. The zero-order valence-corrected chi connectivity index (χ0v) is 13.0. The Morgan fingerprint density at radius 1 is 1.10 bits per heavy atom. The molecule has 110 valence electrons. The van der Waals surface area contributed by atoms with E-state index in [1.807, 2.05) is 43.3 Å². The Labute approximate surface area is 129 Å². The molecule has 0 radical (unpaired) electrons. The minimum absolute atomic E-state index is 0.184. The number of carbonyl (C=O) groups is 1. The van der Waals surface area contributed by atoms with Crippen LogP contribution in [0, 0.1) is 0 Å². The predicted octanol–water partition coefficient (Wildman–Crippen LogP) is 2.47. The molecule has 5 nitrogen and oxygen atoms in total. The first-order chi connectivity index (χ1) is 9.97. The van der Waals surface area contributed by atoms with Gasteiger partial charge in [0.2, 0.25) is 0 Å². The number of amides is 1. The second kappa shape index (κ2) is 6.54. The van der Waals surface area contributed by atoms with Gasteiger partial charge in [-0.25, -0.2) is 9.97 Å². The van der Waals surface area contributed by atoms with Crippen LogP contribution in [0.25, 0.3) is 0 Å².